The molecule has 0 radical (unpaired) electrons. The Hall–Kier alpha value is -2.49. The summed E-state index contributed by atoms with van der Waals surface area (Å²) >= 11 is 0. The number of aryl methyl sites for hydroxylation is 2. The minimum Gasteiger partial charge on any atom is -0.506 e. The van der Waals surface area contributed by atoms with Crippen LogP contribution in [-0.4, -0.2) is 14.7 Å². The van der Waals surface area contributed by atoms with Crippen molar-refractivity contribution in [3.05, 3.63) is 42.0 Å². The molecule has 0 aliphatic heterocycles. The molecule has 4 nitrogen and oxygen atoms in total. The molecule has 3 aromatic rings. The molecule has 19 heavy (non-hydrogen) atoms. The number of fused-ring (bicyclic) bond motifs is 1. The number of anilines is 1. The third-order valence-electron chi connectivity index (χ3n) is 3.32. The highest BCUT2D eigenvalue weighted by atomic mass is 16.3. The molecule has 1 aromatic heterocycles. The number of nitrogens with zero attached hydrogens (tertiary/aromatic N) is 2. The van der Waals surface area contributed by atoms with Gasteiger partial charge in [0.05, 0.1) is 16.7 Å². The molecule has 0 aliphatic carbocycles. The molecule has 0 saturated carbocycles. The van der Waals surface area contributed by atoms with Gasteiger partial charge < -0.3 is 15.4 Å². The average Bonchev–Trinajstić information content (AvgIpc) is 2.70. The molecule has 0 bridgehead atoms. The largest absolute Gasteiger partial charge is 0.506 e. The smallest absolute Gasteiger partial charge is 0.140 e. The van der Waals surface area contributed by atoms with Crippen LogP contribution in [-0.2, 0) is 7.05 Å². The quantitative estimate of drug-likeness (QED) is 0.517. The van der Waals surface area contributed by atoms with E-state index in [1.807, 2.05) is 24.6 Å². The second-order valence-electron chi connectivity index (χ2n) is 4.76. The van der Waals surface area contributed by atoms with Crippen LogP contribution < -0.4 is 5.73 Å². The van der Waals surface area contributed by atoms with E-state index in [0.717, 1.165) is 22.4 Å². The highest BCUT2D eigenvalue weighted by molar-refractivity contribution is 5.81. The van der Waals surface area contributed by atoms with Crippen molar-refractivity contribution in [1.82, 2.24) is 9.55 Å². The molecule has 4 heteroatoms. The van der Waals surface area contributed by atoms with E-state index in [1.165, 1.54) is 5.56 Å². The zero-order chi connectivity index (χ0) is 13.6. The van der Waals surface area contributed by atoms with Gasteiger partial charge in [-0.2, -0.15) is 0 Å². The zero-order valence-electron chi connectivity index (χ0n) is 10.9. The molecule has 0 spiro atoms. The summed E-state index contributed by atoms with van der Waals surface area (Å²) < 4.78 is 2.01. The first-order valence-electron chi connectivity index (χ1n) is 6.08. The highest BCUT2D eigenvalue weighted by Gasteiger charge is 2.11. The molecular formula is C15H15N3O. The molecular weight excluding hydrogens is 238 g/mol. The topological polar surface area (TPSA) is 64.1 Å². The molecule has 0 saturated heterocycles. The zero-order valence-corrected chi connectivity index (χ0v) is 10.9. The lowest BCUT2D eigenvalue weighted by molar-refractivity contribution is 0.478. The summed E-state index contributed by atoms with van der Waals surface area (Å²) in [5.74, 6) is 0.900. The fourth-order valence-corrected chi connectivity index (χ4v) is 2.25. The maximum Gasteiger partial charge on any atom is 0.140 e. The first-order chi connectivity index (χ1) is 9.06. The van der Waals surface area contributed by atoms with E-state index in [9.17, 15) is 5.11 Å². The number of phenolic OH excluding ortho intramolecular Hbond substituents is 1. The Balaban J connectivity index is 2.24. The minimum atomic E-state index is 0.0840. The predicted octanol–water partition coefficient (Wildman–Crippen LogP) is 2.84. The van der Waals surface area contributed by atoms with Crippen molar-refractivity contribution in [3.8, 4) is 17.1 Å². The first kappa shape index (κ1) is 11.6. The number of imidazole rings is 1. The SMILES string of the molecule is Cc1ccc2c(c1)nc(-c1ccc(N)c(O)c1)n2C. The van der Waals surface area contributed by atoms with Crippen LogP contribution in [0.15, 0.2) is 36.4 Å². The molecule has 0 atom stereocenters. The number of aromatic hydroxyl groups is 1. The minimum absolute atomic E-state index is 0.0840. The Morgan fingerprint density at radius 1 is 1.16 bits per heavy atom. The summed E-state index contributed by atoms with van der Waals surface area (Å²) in [5, 5.41) is 9.71. The number of phenols is 1. The van der Waals surface area contributed by atoms with E-state index in [0.29, 0.717) is 5.69 Å². The Labute approximate surface area is 111 Å². The molecule has 2 aromatic carbocycles. The van der Waals surface area contributed by atoms with E-state index >= 15 is 0 Å². The fourth-order valence-electron chi connectivity index (χ4n) is 2.25. The lowest BCUT2D eigenvalue weighted by Crippen LogP contribution is -1.93. The first-order valence-corrected chi connectivity index (χ1v) is 6.08. The molecule has 3 rings (SSSR count). The predicted molar refractivity (Wildman–Crippen MR) is 77.0 cm³/mol. The van der Waals surface area contributed by atoms with Gasteiger partial charge in [0.2, 0.25) is 0 Å². The van der Waals surface area contributed by atoms with Crippen LogP contribution in [0.5, 0.6) is 5.75 Å². The maximum absolute atomic E-state index is 9.71. The summed E-state index contributed by atoms with van der Waals surface area (Å²) in [5.41, 5.74) is 10.0. The van der Waals surface area contributed by atoms with Crippen molar-refractivity contribution in [1.29, 1.82) is 0 Å². The number of aromatic nitrogens is 2. The van der Waals surface area contributed by atoms with Gasteiger partial charge in [-0.25, -0.2) is 4.98 Å². The summed E-state index contributed by atoms with van der Waals surface area (Å²) in [4.78, 5) is 4.63. The fraction of sp³-hybridized carbons (Fsp3) is 0.133. The monoisotopic (exact) mass is 253 g/mol. The number of hydrogen-bond donors (Lipinski definition) is 2. The normalized spacial score (nSPS) is 11.1. The van der Waals surface area contributed by atoms with E-state index in [4.69, 9.17) is 5.73 Å². The molecule has 3 N–H and O–H groups in total. The van der Waals surface area contributed by atoms with Crippen molar-refractivity contribution in [2.75, 3.05) is 5.73 Å². The Bertz CT molecular complexity index is 774. The van der Waals surface area contributed by atoms with Crippen molar-refractivity contribution in [2.24, 2.45) is 7.05 Å². The van der Waals surface area contributed by atoms with E-state index in [-0.39, 0.29) is 5.75 Å². The van der Waals surface area contributed by atoms with Gasteiger partial charge in [-0.15, -0.1) is 0 Å². The van der Waals surface area contributed by atoms with Crippen LogP contribution in [0, 0.1) is 6.92 Å². The molecule has 0 amide bonds. The molecule has 0 fully saturated rings. The van der Waals surface area contributed by atoms with Crippen LogP contribution in [0.1, 0.15) is 5.56 Å². The van der Waals surface area contributed by atoms with E-state index in [1.54, 1.807) is 12.1 Å². The van der Waals surface area contributed by atoms with Gasteiger partial charge in [-0.1, -0.05) is 6.07 Å². The third-order valence-corrected chi connectivity index (χ3v) is 3.32. The lowest BCUT2D eigenvalue weighted by Gasteiger charge is -2.04. The van der Waals surface area contributed by atoms with Gasteiger partial charge in [0.1, 0.15) is 11.6 Å². The lowest BCUT2D eigenvalue weighted by atomic mass is 10.2. The maximum atomic E-state index is 9.71. The summed E-state index contributed by atoms with van der Waals surface area (Å²) in [6.07, 6.45) is 0. The average molecular weight is 253 g/mol. The summed E-state index contributed by atoms with van der Waals surface area (Å²) in [6.45, 7) is 2.04. The number of hydrogen-bond acceptors (Lipinski definition) is 3. The Morgan fingerprint density at radius 2 is 1.95 bits per heavy atom. The molecule has 96 valence electrons. The van der Waals surface area contributed by atoms with Crippen molar-refractivity contribution in [2.45, 2.75) is 6.92 Å². The Kier molecular flexibility index (Phi) is 2.45. The van der Waals surface area contributed by atoms with Gasteiger partial charge >= 0.3 is 0 Å². The van der Waals surface area contributed by atoms with Gasteiger partial charge in [0.15, 0.2) is 0 Å². The van der Waals surface area contributed by atoms with Crippen molar-refractivity contribution in [3.63, 3.8) is 0 Å². The van der Waals surface area contributed by atoms with Gasteiger partial charge in [-0.3, -0.25) is 0 Å². The van der Waals surface area contributed by atoms with Crippen LogP contribution in [0.2, 0.25) is 0 Å². The van der Waals surface area contributed by atoms with Crippen LogP contribution in [0.3, 0.4) is 0 Å². The van der Waals surface area contributed by atoms with Gasteiger partial charge in [0.25, 0.3) is 0 Å². The van der Waals surface area contributed by atoms with Gasteiger partial charge in [0, 0.05) is 12.6 Å². The molecule has 0 aliphatic rings. The second-order valence-corrected chi connectivity index (χ2v) is 4.76. The number of nitrogens with two attached hydrogens (primary N) is 1. The van der Waals surface area contributed by atoms with Gasteiger partial charge in [-0.05, 0) is 42.8 Å². The molecule has 0 unspecified atom stereocenters. The van der Waals surface area contributed by atoms with Crippen molar-refractivity contribution >= 4 is 16.7 Å². The van der Waals surface area contributed by atoms with Crippen LogP contribution in [0.25, 0.3) is 22.4 Å². The Morgan fingerprint density at radius 3 is 2.68 bits per heavy atom. The highest BCUT2D eigenvalue weighted by Crippen LogP contribution is 2.29. The standard InChI is InChI=1S/C15H15N3O/c1-9-3-6-13-12(7-9)17-15(18(13)2)10-4-5-11(16)14(19)8-10/h3-8,19H,16H2,1-2H3. The second kappa shape index (κ2) is 4.02. The van der Waals surface area contributed by atoms with Crippen LogP contribution >= 0.6 is 0 Å². The van der Waals surface area contributed by atoms with E-state index < -0.39 is 0 Å². The number of benzene rings is 2. The van der Waals surface area contributed by atoms with E-state index in [2.05, 4.69) is 23.2 Å². The number of nitrogen functional groups attached to an aromatic ring is 1. The summed E-state index contributed by atoms with van der Waals surface area (Å²) in [6, 6.07) is 11.4. The number of rotatable bonds is 1. The van der Waals surface area contributed by atoms with Crippen LogP contribution in [0.4, 0.5) is 5.69 Å². The van der Waals surface area contributed by atoms with Crippen molar-refractivity contribution < 1.29 is 5.11 Å². The molecule has 1 heterocycles. The summed E-state index contributed by atoms with van der Waals surface area (Å²) in [7, 11) is 1.97. The third kappa shape index (κ3) is 1.81.